The molecule has 1 aromatic carbocycles. The third kappa shape index (κ3) is 6.54. The highest BCUT2D eigenvalue weighted by Crippen LogP contribution is 2.37. The van der Waals surface area contributed by atoms with Crippen LogP contribution in [-0.4, -0.2) is 31.4 Å². The van der Waals surface area contributed by atoms with Crippen molar-refractivity contribution in [1.82, 2.24) is 5.32 Å². The third-order valence-electron chi connectivity index (χ3n) is 4.06. The molecule has 1 aromatic rings. The number of piperidine rings is 1. The summed E-state index contributed by atoms with van der Waals surface area (Å²) in [5, 5.41) is 12.5. The fraction of sp³-hybridized carbons (Fsp3) is 0.579. The van der Waals surface area contributed by atoms with Crippen LogP contribution in [0.3, 0.4) is 0 Å². The van der Waals surface area contributed by atoms with Crippen molar-refractivity contribution in [3.05, 3.63) is 29.8 Å². The Balaban J connectivity index is 0.000000351. The predicted molar refractivity (Wildman–Crippen MR) is 99.1 cm³/mol. The minimum Gasteiger partial charge on any atom is -0.462 e. The molecule has 1 heterocycles. The van der Waals surface area contributed by atoms with E-state index in [9.17, 15) is 4.79 Å². The average Bonchev–Trinajstić information content (AvgIpc) is 2.55. The predicted octanol–water partition coefficient (Wildman–Crippen LogP) is 3.90. The van der Waals surface area contributed by atoms with Gasteiger partial charge in [-0.05, 0) is 70.7 Å². The Morgan fingerprint density at radius 2 is 2.04 bits per heavy atom. The first kappa shape index (κ1) is 20.5. The summed E-state index contributed by atoms with van der Waals surface area (Å²) < 4.78 is 4.55. The molecule has 1 N–H and O–H groups in total. The molecule has 0 spiro atoms. The number of carbonyl (C=O) groups excluding carboxylic acids is 1. The van der Waals surface area contributed by atoms with Crippen LogP contribution in [0.5, 0.6) is 0 Å². The van der Waals surface area contributed by atoms with Gasteiger partial charge in [-0.15, -0.1) is 11.8 Å². The van der Waals surface area contributed by atoms with Crippen molar-refractivity contribution in [2.45, 2.75) is 55.9 Å². The molecule has 4 nitrogen and oxygen atoms in total. The maximum atomic E-state index is 9.60. The smallest absolute Gasteiger partial charge is 0.293 e. The molecule has 1 aliphatic rings. The molecule has 1 saturated heterocycles. The van der Waals surface area contributed by atoms with Crippen LogP contribution in [0.1, 0.15) is 45.6 Å². The fourth-order valence-corrected chi connectivity index (χ4v) is 3.18. The van der Waals surface area contributed by atoms with Crippen molar-refractivity contribution in [1.29, 1.82) is 5.26 Å². The number of rotatable bonds is 4. The third-order valence-corrected chi connectivity index (χ3v) is 4.79. The highest BCUT2D eigenvalue weighted by Gasteiger charge is 2.33. The van der Waals surface area contributed by atoms with Crippen molar-refractivity contribution in [3.8, 4) is 6.07 Å². The van der Waals surface area contributed by atoms with Gasteiger partial charge < -0.3 is 10.1 Å². The van der Waals surface area contributed by atoms with E-state index in [4.69, 9.17) is 5.26 Å². The van der Waals surface area contributed by atoms with Crippen LogP contribution in [0.25, 0.3) is 0 Å². The van der Waals surface area contributed by atoms with E-state index in [1.54, 1.807) is 11.8 Å². The zero-order valence-electron chi connectivity index (χ0n) is 15.1. The van der Waals surface area contributed by atoms with E-state index < -0.39 is 0 Å². The summed E-state index contributed by atoms with van der Waals surface area (Å²) in [6.07, 6.45) is 4.86. The minimum atomic E-state index is -0.318. The molecule has 5 heteroatoms. The lowest BCUT2D eigenvalue weighted by atomic mass is 9.71. The Hall–Kier alpha value is -1.51. The Bertz CT molecular complexity index is 555. The normalized spacial score (nSPS) is 16.3. The fourth-order valence-electron chi connectivity index (χ4n) is 2.72. The van der Waals surface area contributed by atoms with Crippen molar-refractivity contribution < 1.29 is 9.53 Å². The van der Waals surface area contributed by atoms with E-state index in [-0.39, 0.29) is 11.0 Å². The molecule has 0 unspecified atom stereocenters. The molecule has 0 amide bonds. The van der Waals surface area contributed by atoms with Gasteiger partial charge in [0.2, 0.25) is 0 Å². The second-order valence-corrected chi connectivity index (χ2v) is 7.80. The topological polar surface area (TPSA) is 62.1 Å². The number of nitrogens with zero attached hydrogens (tertiary/aromatic N) is 1. The van der Waals surface area contributed by atoms with Crippen molar-refractivity contribution in [2.24, 2.45) is 0 Å². The highest BCUT2D eigenvalue weighted by atomic mass is 32.2. The van der Waals surface area contributed by atoms with Crippen LogP contribution in [0, 0.1) is 11.3 Å². The number of nitriles is 1. The minimum absolute atomic E-state index is 0.0751. The van der Waals surface area contributed by atoms with Crippen LogP contribution in [0.4, 0.5) is 0 Å². The van der Waals surface area contributed by atoms with E-state index in [0.717, 1.165) is 25.9 Å². The largest absolute Gasteiger partial charge is 0.462 e. The van der Waals surface area contributed by atoms with E-state index in [0.29, 0.717) is 12.9 Å². The summed E-state index contributed by atoms with van der Waals surface area (Å²) >= 11 is 1.77. The van der Waals surface area contributed by atoms with Gasteiger partial charge in [0.05, 0.1) is 6.07 Å². The van der Waals surface area contributed by atoms with Gasteiger partial charge in [-0.2, -0.15) is 5.26 Å². The summed E-state index contributed by atoms with van der Waals surface area (Å²) in [6, 6.07) is 11.1. The lowest BCUT2D eigenvalue weighted by Gasteiger charge is -2.36. The molecular formula is C19H28N2O2S. The molecule has 0 bridgehead atoms. The molecule has 0 saturated carbocycles. The second-order valence-electron chi connectivity index (χ2n) is 6.92. The molecule has 1 aliphatic heterocycles. The van der Waals surface area contributed by atoms with Gasteiger partial charge in [-0.3, -0.25) is 4.79 Å². The molecule has 132 valence electrons. The Labute approximate surface area is 150 Å². The first-order valence-electron chi connectivity index (χ1n) is 8.20. The second kappa shape index (κ2) is 9.71. The summed E-state index contributed by atoms with van der Waals surface area (Å²) in [7, 11) is 0. The van der Waals surface area contributed by atoms with Gasteiger partial charge >= 0.3 is 0 Å². The Kier molecular flexibility index (Phi) is 8.30. The molecule has 0 radical (unpaired) electrons. The summed E-state index contributed by atoms with van der Waals surface area (Å²) in [5.74, 6) is 0. The number of hydrogen-bond donors (Lipinski definition) is 1. The standard InChI is InChI=1S/C14H18N2S.C5H10O2/c1-17-13-4-2-3-12(11-13)14(5-8-15)6-9-16-10-7-14;1-5(2,3)7-4-6/h2-4,11,16H,5-7,9-10H2,1H3;4H,1-3H3. The zero-order valence-corrected chi connectivity index (χ0v) is 15.9. The maximum Gasteiger partial charge on any atom is 0.293 e. The number of benzene rings is 1. The number of hydrogen-bond acceptors (Lipinski definition) is 5. The molecule has 0 aliphatic carbocycles. The average molecular weight is 349 g/mol. The van der Waals surface area contributed by atoms with Crippen LogP contribution >= 0.6 is 11.8 Å². The SMILES string of the molecule is CC(C)(C)OC=O.CSc1cccc(C2(CC#N)CCNCC2)c1. The number of thioether (sulfide) groups is 1. The van der Waals surface area contributed by atoms with Gasteiger partial charge in [-0.1, -0.05) is 12.1 Å². The van der Waals surface area contributed by atoms with Crippen molar-refractivity contribution >= 4 is 18.2 Å². The van der Waals surface area contributed by atoms with Gasteiger partial charge in [-0.25, -0.2) is 0 Å². The van der Waals surface area contributed by atoms with Crippen molar-refractivity contribution in [3.63, 3.8) is 0 Å². The monoisotopic (exact) mass is 348 g/mol. The lowest BCUT2D eigenvalue weighted by Crippen LogP contribution is -2.39. The van der Waals surface area contributed by atoms with Crippen LogP contribution in [0.2, 0.25) is 0 Å². The summed E-state index contributed by atoms with van der Waals surface area (Å²) in [4.78, 5) is 10.9. The van der Waals surface area contributed by atoms with Gasteiger partial charge in [0.15, 0.2) is 0 Å². The molecule has 24 heavy (non-hydrogen) atoms. The Morgan fingerprint density at radius 3 is 2.50 bits per heavy atom. The summed E-state index contributed by atoms with van der Waals surface area (Å²) in [5.41, 5.74) is 1.10. The first-order valence-corrected chi connectivity index (χ1v) is 9.43. The van der Waals surface area contributed by atoms with Crippen molar-refractivity contribution in [2.75, 3.05) is 19.3 Å². The van der Waals surface area contributed by atoms with Gasteiger partial charge in [0, 0.05) is 16.7 Å². The molecular weight excluding hydrogens is 320 g/mol. The zero-order chi connectivity index (χ0) is 18.1. The highest BCUT2D eigenvalue weighted by molar-refractivity contribution is 7.98. The molecule has 1 fully saturated rings. The van der Waals surface area contributed by atoms with Gasteiger partial charge in [0.1, 0.15) is 5.60 Å². The maximum absolute atomic E-state index is 9.60. The molecule has 2 rings (SSSR count). The van der Waals surface area contributed by atoms with Crippen LogP contribution < -0.4 is 5.32 Å². The van der Waals surface area contributed by atoms with Gasteiger partial charge in [0.25, 0.3) is 6.47 Å². The van der Waals surface area contributed by atoms with Crippen LogP contribution in [0.15, 0.2) is 29.2 Å². The van der Waals surface area contributed by atoms with E-state index in [1.165, 1.54) is 10.5 Å². The van der Waals surface area contributed by atoms with E-state index >= 15 is 0 Å². The number of ether oxygens (including phenoxy) is 1. The molecule has 0 aromatic heterocycles. The lowest BCUT2D eigenvalue weighted by molar-refractivity contribution is -0.138. The first-order chi connectivity index (χ1) is 11.4. The quantitative estimate of drug-likeness (QED) is 0.660. The number of nitrogens with one attached hydrogen (secondary N) is 1. The Morgan fingerprint density at radius 1 is 1.38 bits per heavy atom. The molecule has 0 atom stereocenters. The van der Waals surface area contributed by atoms with E-state index in [1.807, 2.05) is 20.8 Å². The number of carbonyl (C=O) groups is 1. The summed E-state index contributed by atoms with van der Waals surface area (Å²) in [6.45, 7) is 7.96. The van der Waals surface area contributed by atoms with Crippen LogP contribution in [-0.2, 0) is 14.9 Å². The van der Waals surface area contributed by atoms with E-state index in [2.05, 4.69) is 46.6 Å².